The molecule has 0 spiro atoms. The zero-order chi connectivity index (χ0) is 10.8. The molecule has 1 saturated heterocycles. The van der Waals surface area contributed by atoms with Crippen LogP contribution in [0.3, 0.4) is 0 Å². The lowest BCUT2D eigenvalue weighted by molar-refractivity contribution is -0.00347. The predicted octanol–water partition coefficient (Wildman–Crippen LogP) is 1.43. The van der Waals surface area contributed by atoms with Gasteiger partial charge in [-0.1, -0.05) is 17.7 Å². The van der Waals surface area contributed by atoms with E-state index in [2.05, 4.69) is 5.32 Å². The second-order valence-corrected chi connectivity index (χ2v) is 4.03. The topological polar surface area (TPSA) is 38.3 Å². The zero-order valence-corrected chi connectivity index (χ0v) is 9.04. The van der Waals surface area contributed by atoms with E-state index in [-0.39, 0.29) is 11.9 Å². The molecule has 1 aromatic carbocycles. The van der Waals surface area contributed by atoms with Gasteiger partial charge in [-0.2, -0.15) is 0 Å². The van der Waals surface area contributed by atoms with E-state index in [1.165, 1.54) is 5.56 Å². The summed E-state index contributed by atoms with van der Waals surface area (Å²) >= 11 is 0. The van der Waals surface area contributed by atoms with E-state index in [1.54, 1.807) is 0 Å². The van der Waals surface area contributed by atoms with Gasteiger partial charge in [-0.25, -0.2) is 0 Å². The number of carbonyl (C=O) groups is 1. The molecule has 0 saturated carbocycles. The monoisotopic (exact) mass is 205 g/mol. The summed E-state index contributed by atoms with van der Waals surface area (Å²) in [5, 5.41) is 2.93. The minimum Gasteiger partial charge on any atom is -0.377 e. The van der Waals surface area contributed by atoms with Gasteiger partial charge in [-0.05, 0) is 25.5 Å². The van der Waals surface area contributed by atoms with E-state index in [4.69, 9.17) is 4.74 Å². The lowest BCUT2D eigenvalue weighted by Crippen LogP contribution is -2.48. The third kappa shape index (κ3) is 2.18. The summed E-state index contributed by atoms with van der Waals surface area (Å²) in [4.78, 5) is 11.8. The molecule has 0 bridgehead atoms. The molecule has 3 heteroatoms. The van der Waals surface area contributed by atoms with Crippen molar-refractivity contribution in [1.29, 1.82) is 0 Å². The molecule has 1 amide bonds. The molecule has 1 fully saturated rings. The van der Waals surface area contributed by atoms with Crippen molar-refractivity contribution in [2.24, 2.45) is 0 Å². The van der Waals surface area contributed by atoms with E-state index < -0.39 is 0 Å². The number of hydrogen-bond donors (Lipinski definition) is 1. The van der Waals surface area contributed by atoms with E-state index in [0.29, 0.717) is 13.2 Å². The fourth-order valence-corrected chi connectivity index (χ4v) is 1.65. The average Bonchev–Trinajstić information content (AvgIpc) is 2.11. The first kappa shape index (κ1) is 10.2. The van der Waals surface area contributed by atoms with Crippen molar-refractivity contribution in [1.82, 2.24) is 5.32 Å². The summed E-state index contributed by atoms with van der Waals surface area (Å²) in [5.74, 6) is 0.000741. The van der Waals surface area contributed by atoms with Crippen LogP contribution < -0.4 is 5.32 Å². The third-order valence-electron chi connectivity index (χ3n) is 2.60. The van der Waals surface area contributed by atoms with Crippen molar-refractivity contribution in [2.45, 2.75) is 19.9 Å². The van der Waals surface area contributed by atoms with Gasteiger partial charge in [0.2, 0.25) is 0 Å². The van der Waals surface area contributed by atoms with Gasteiger partial charge in [-0.3, -0.25) is 4.79 Å². The molecule has 15 heavy (non-hydrogen) atoms. The molecular weight excluding hydrogens is 190 g/mol. The average molecular weight is 205 g/mol. The van der Waals surface area contributed by atoms with Crippen LogP contribution in [-0.2, 0) is 4.74 Å². The number of amides is 1. The van der Waals surface area contributed by atoms with E-state index in [0.717, 1.165) is 11.1 Å². The highest BCUT2D eigenvalue weighted by Crippen LogP contribution is 2.11. The molecule has 1 aromatic rings. The second kappa shape index (κ2) is 4.03. The molecule has 1 N–H and O–H groups in total. The zero-order valence-electron chi connectivity index (χ0n) is 9.04. The van der Waals surface area contributed by atoms with Gasteiger partial charge in [0.1, 0.15) is 0 Å². The minimum absolute atomic E-state index is 0.000741. The Morgan fingerprint density at radius 3 is 2.67 bits per heavy atom. The Morgan fingerprint density at radius 2 is 2.13 bits per heavy atom. The molecule has 0 unspecified atom stereocenters. The largest absolute Gasteiger partial charge is 0.377 e. The van der Waals surface area contributed by atoms with Crippen LogP contribution in [-0.4, -0.2) is 25.2 Å². The van der Waals surface area contributed by atoms with Crippen molar-refractivity contribution < 1.29 is 9.53 Å². The Bertz CT molecular complexity index is 383. The molecule has 80 valence electrons. The number of hydrogen-bond acceptors (Lipinski definition) is 2. The maximum atomic E-state index is 11.8. The first-order valence-corrected chi connectivity index (χ1v) is 5.12. The molecule has 2 rings (SSSR count). The number of ether oxygens (including phenoxy) is 1. The molecule has 0 aromatic heterocycles. The third-order valence-corrected chi connectivity index (χ3v) is 2.60. The van der Waals surface area contributed by atoms with Gasteiger partial charge in [0.25, 0.3) is 5.91 Å². The van der Waals surface area contributed by atoms with Gasteiger partial charge in [0.05, 0.1) is 19.3 Å². The number of benzene rings is 1. The lowest BCUT2D eigenvalue weighted by atomic mass is 10.0. The number of carbonyl (C=O) groups excluding carboxylic acids is 1. The SMILES string of the molecule is Cc1ccc(C(=O)NC2COC2)c(C)c1. The van der Waals surface area contributed by atoms with Gasteiger partial charge in [0.15, 0.2) is 0 Å². The Morgan fingerprint density at radius 1 is 1.40 bits per heavy atom. The van der Waals surface area contributed by atoms with E-state index >= 15 is 0 Å². The summed E-state index contributed by atoms with van der Waals surface area (Å²) in [6, 6.07) is 6.04. The first-order valence-electron chi connectivity index (χ1n) is 5.12. The van der Waals surface area contributed by atoms with Crippen LogP contribution >= 0.6 is 0 Å². The molecule has 0 atom stereocenters. The van der Waals surface area contributed by atoms with Gasteiger partial charge >= 0.3 is 0 Å². The summed E-state index contributed by atoms with van der Waals surface area (Å²) in [6.07, 6.45) is 0. The maximum Gasteiger partial charge on any atom is 0.251 e. The Hall–Kier alpha value is -1.35. The highest BCUT2D eigenvalue weighted by Gasteiger charge is 2.21. The molecule has 1 heterocycles. The molecule has 1 aliphatic rings. The number of aryl methyl sites for hydroxylation is 2. The molecule has 0 radical (unpaired) electrons. The fraction of sp³-hybridized carbons (Fsp3) is 0.417. The Balaban J connectivity index is 2.10. The van der Waals surface area contributed by atoms with E-state index in [1.807, 2.05) is 32.0 Å². The summed E-state index contributed by atoms with van der Waals surface area (Å²) < 4.78 is 5.01. The van der Waals surface area contributed by atoms with Crippen LogP contribution in [0.25, 0.3) is 0 Å². The lowest BCUT2D eigenvalue weighted by Gasteiger charge is -2.27. The molecule has 0 aliphatic carbocycles. The van der Waals surface area contributed by atoms with Crippen LogP contribution in [0.15, 0.2) is 18.2 Å². The minimum atomic E-state index is 0.000741. The van der Waals surface area contributed by atoms with Crippen molar-refractivity contribution in [2.75, 3.05) is 13.2 Å². The summed E-state index contributed by atoms with van der Waals surface area (Å²) in [6.45, 7) is 5.25. The number of nitrogens with one attached hydrogen (secondary N) is 1. The van der Waals surface area contributed by atoms with Gasteiger partial charge in [0, 0.05) is 5.56 Å². The van der Waals surface area contributed by atoms with Crippen molar-refractivity contribution in [3.8, 4) is 0 Å². The molecule has 3 nitrogen and oxygen atoms in total. The van der Waals surface area contributed by atoms with Crippen molar-refractivity contribution >= 4 is 5.91 Å². The van der Waals surface area contributed by atoms with Crippen LogP contribution in [0.1, 0.15) is 21.5 Å². The normalized spacial score (nSPS) is 15.9. The maximum absolute atomic E-state index is 11.8. The Kier molecular flexibility index (Phi) is 2.73. The quantitative estimate of drug-likeness (QED) is 0.793. The van der Waals surface area contributed by atoms with Crippen LogP contribution in [0, 0.1) is 13.8 Å². The van der Waals surface area contributed by atoms with Crippen molar-refractivity contribution in [3.63, 3.8) is 0 Å². The smallest absolute Gasteiger partial charge is 0.251 e. The summed E-state index contributed by atoms with van der Waals surface area (Å²) in [5.41, 5.74) is 2.95. The van der Waals surface area contributed by atoms with Gasteiger partial charge < -0.3 is 10.1 Å². The standard InChI is InChI=1S/C12H15NO2/c1-8-3-4-11(9(2)5-8)12(14)13-10-6-15-7-10/h3-5,10H,6-7H2,1-2H3,(H,13,14). The van der Waals surface area contributed by atoms with Gasteiger partial charge in [-0.15, -0.1) is 0 Å². The first-order chi connectivity index (χ1) is 7.16. The van der Waals surface area contributed by atoms with Crippen LogP contribution in [0.2, 0.25) is 0 Å². The Labute approximate surface area is 89.4 Å². The fourth-order valence-electron chi connectivity index (χ4n) is 1.65. The second-order valence-electron chi connectivity index (χ2n) is 4.03. The van der Waals surface area contributed by atoms with Crippen LogP contribution in [0.5, 0.6) is 0 Å². The highest BCUT2D eigenvalue weighted by atomic mass is 16.5. The molecule has 1 aliphatic heterocycles. The van der Waals surface area contributed by atoms with Crippen LogP contribution in [0.4, 0.5) is 0 Å². The van der Waals surface area contributed by atoms with Crippen molar-refractivity contribution in [3.05, 3.63) is 34.9 Å². The predicted molar refractivity (Wildman–Crippen MR) is 58.0 cm³/mol. The summed E-state index contributed by atoms with van der Waals surface area (Å²) in [7, 11) is 0. The number of rotatable bonds is 2. The highest BCUT2D eigenvalue weighted by molar-refractivity contribution is 5.95. The van der Waals surface area contributed by atoms with E-state index in [9.17, 15) is 4.79 Å². The molecular formula is C12H15NO2.